The first kappa shape index (κ1) is 25.3. The van der Waals surface area contributed by atoms with Gasteiger partial charge in [0.1, 0.15) is 23.0 Å². The highest BCUT2D eigenvalue weighted by Gasteiger charge is 2.45. The van der Waals surface area contributed by atoms with Crippen molar-refractivity contribution in [3.63, 3.8) is 0 Å². The second-order valence-electron chi connectivity index (χ2n) is 8.83. The van der Waals surface area contributed by atoms with E-state index in [0.29, 0.717) is 0 Å². The van der Waals surface area contributed by atoms with Crippen molar-refractivity contribution in [1.82, 2.24) is 0 Å². The highest BCUT2D eigenvalue weighted by molar-refractivity contribution is 6.86. The molecule has 2 rings (SSSR count). The van der Waals surface area contributed by atoms with Gasteiger partial charge in [-0.15, -0.1) is 0 Å². The number of hydrogen-bond acceptors (Lipinski definition) is 5. The number of hydrogen-bond donors (Lipinski definition) is 2. The topological polar surface area (TPSA) is 51.8 Å². The summed E-state index contributed by atoms with van der Waals surface area (Å²) < 4.78 is 20.0. The van der Waals surface area contributed by atoms with Crippen LogP contribution in [0.2, 0.25) is 26.2 Å². The van der Waals surface area contributed by atoms with Crippen LogP contribution < -0.4 is 20.1 Å². The predicted molar refractivity (Wildman–Crippen MR) is 137 cm³/mol. The lowest BCUT2D eigenvalue weighted by Gasteiger charge is -2.42. The smallest absolute Gasteiger partial charge is 0.217 e. The van der Waals surface area contributed by atoms with E-state index in [1.807, 2.05) is 62.6 Å². The van der Waals surface area contributed by atoms with Crippen LogP contribution in [0, 0.1) is 0 Å². The summed E-state index contributed by atoms with van der Waals surface area (Å²) in [6, 6.07) is 16.2. The molecule has 172 valence electrons. The number of anilines is 2. The van der Waals surface area contributed by atoms with Crippen LogP contribution in [0.4, 0.5) is 11.4 Å². The number of ether oxygens (including phenoxy) is 2. The summed E-state index contributed by atoms with van der Waals surface area (Å²) in [6.07, 6.45) is 1.81. The largest absolute Gasteiger partial charge is 0.489 e. The van der Waals surface area contributed by atoms with Crippen molar-refractivity contribution in [3.8, 4) is 11.5 Å². The number of para-hydroxylation sites is 4. The Labute approximate surface area is 190 Å². The molecule has 0 heterocycles. The highest BCUT2D eigenvalue weighted by Crippen LogP contribution is 2.32. The van der Waals surface area contributed by atoms with Crippen LogP contribution in [0.25, 0.3) is 0 Å². The molecule has 5 nitrogen and oxygen atoms in total. The molecule has 0 spiro atoms. The molecular formula is C24H40N2O3Si2. The fourth-order valence-corrected chi connectivity index (χ4v) is 13.4. The van der Waals surface area contributed by atoms with Gasteiger partial charge in [-0.2, -0.15) is 0 Å². The minimum absolute atomic E-state index is 0.0517. The van der Waals surface area contributed by atoms with E-state index in [-0.39, 0.29) is 11.5 Å². The molecule has 31 heavy (non-hydrogen) atoms. The summed E-state index contributed by atoms with van der Waals surface area (Å²) in [4.78, 5) is 0. The van der Waals surface area contributed by atoms with Gasteiger partial charge >= 0.3 is 0 Å². The van der Waals surface area contributed by atoms with Crippen LogP contribution in [0.1, 0.15) is 26.7 Å². The van der Waals surface area contributed by atoms with Crippen molar-refractivity contribution in [3.05, 3.63) is 48.5 Å². The fourth-order valence-electron chi connectivity index (χ4n) is 4.10. The minimum Gasteiger partial charge on any atom is -0.489 e. The van der Waals surface area contributed by atoms with Gasteiger partial charge in [0.15, 0.2) is 0 Å². The quantitative estimate of drug-likeness (QED) is 0.365. The monoisotopic (exact) mass is 460 g/mol. The Bertz CT molecular complexity index is 762. The van der Waals surface area contributed by atoms with Crippen LogP contribution in [-0.4, -0.2) is 42.2 Å². The van der Waals surface area contributed by atoms with Crippen molar-refractivity contribution in [2.45, 2.75) is 64.3 Å². The average Bonchev–Trinajstić information content (AvgIpc) is 2.75. The van der Waals surface area contributed by atoms with Crippen LogP contribution in [-0.2, 0) is 4.12 Å². The maximum atomic E-state index is 7.01. The van der Waals surface area contributed by atoms with E-state index in [4.69, 9.17) is 13.6 Å². The van der Waals surface area contributed by atoms with Gasteiger partial charge < -0.3 is 24.2 Å². The number of nitrogens with one attached hydrogen (secondary N) is 2. The second-order valence-corrected chi connectivity index (χ2v) is 17.3. The summed E-state index contributed by atoms with van der Waals surface area (Å²) in [6.45, 7) is 13.4. The first-order chi connectivity index (χ1) is 14.7. The van der Waals surface area contributed by atoms with E-state index >= 15 is 0 Å². The first-order valence-electron chi connectivity index (χ1n) is 11.3. The third-order valence-electron chi connectivity index (χ3n) is 5.67. The molecule has 0 radical (unpaired) electrons. The Hall–Kier alpha value is -1.97. The summed E-state index contributed by atoms with van der Waals surface area (Å²) >= 11 is 0. The lowest BCUT2D eigenvalue weighted by Crippen LogP contribution is -2.59. The molecule has 2 N–H and O–H groups in total. The van der Waals surface area contributed by atoms with Gasteiger partial charge in [0.05, 0.1) is 11.4 Å². The molecule has 7 heteroatoms. The number of benzene rings is 2. The van der Waals surface area contributed by atoms with Crippen molar-refractivity contribution in [2.75, 3.05) is 24.7 Å². The zero-order valence-electron chi connectivity index (χ0n) is 20.4. The van der Waals surface area contributed by atoms with Gasteiger partial charge in [-0.05, 0) is 63.3 Å². The minimum atomic E-state index is -2.19. The molecule has 0 aliphatic carbocycles. The summed E-state index contributed by atoms with van der Waals surface area (Å²) in [5.74, 6) is 1.76. The van der Waals surface area contributed by atoms with Crippen LogP contribution >= 0.6 is 0 Å². The molecular weight excluding hydrogens is 420 g/mol. The lowest BCUT2D eigenvalue weighted by molar-refractivity contribution is 0.224. The predicted octanol–water partition coefficient (Wildman–Crippen LogP) is 6.29. The SMILES string of the molecule is CCC(Oc1ccccc1NC)[Si](C)(C)O[Si](C)(C)C(CC)Oc1ccccc1NC. The Kier molecular flexibility index (Phi) is 9.03. The van der Waals surface area contributed by atoms with E-state index in [1.165, 1.54) is 0 Å². The maximum absolute atomic E-state index is 7.01. The Morgan fingerprint density at radius 2 is 1.03 bits per heavy atom. The molecule has 2 aromatic rings. The zero-order valence-corrected chi connectivity index (χ0v) is 22.4. The number of rotatable bonds is 12. The first-order valence-corrected chi connectivity index (χ1v) is 17.2. The van der Waals surface area contributed by atoms with Crippen molar-refractivity contribution >= 4 is 28.0 Å². The van der Waals surface area contributed by atoms with Gasteiger partial charge in [0.25, 0.3) is 0 Å². The van der Waals surface area contributed by atoms with Gasteiger partial charge in [0.2, 0.25) is 16.6 Å². The molecule has 2 aromatic carbocycles. The summed E-state index contributed by atoms with van der Waals surface area (Å²) in [5.41, 5.74) is 2.10. The molecule has 0 aromatic heterocycles. The third-order valence-corrected chi connectivity index (χ3v) is 14.0. The summed E-state index contributed by atoms with van der Waals surface area (Å²) in [5, 5.41) is 6.45. The Morgan fingerprint density at radius 1 is 0.677 bits per heavy atom. The van der Waals surface area contributed by atoms with Gasteiger partial charge in [0, 0.05) is 14.1 Å². The highest BCUT2D eigenvalue weighted by atomic mass is 28.4. The maximum Gasteiger partial charge on any atom is 0.217 e. The molecule has 0 fully saturated rings. The molecule has 0 bridgehead atoms. The van der Waals surface area contributed by atoms with E-state index in [2.05, 4.69) is 50.7 Å². The van der Waals surface area contributed by atoms with Crippen molar-refractivity contribution in [2.24, 2.45) is 0 Å². The molecule has 0 aliphatic heterocycles. The second kappa shape index (κ2) is 11.1. The van der Waals surface area contributed by atoms with E-state index in [0.717, 1.165) is 35.7 Å². The van der Waals surface area contributed by atoms with Crippen LogP contribution in [0.15, 0.2) is 48.5 Å². The molecule has 2 atom stereocenters. The normalized spacial score (nSPS) is 13.9. The molecule has 0 saturated heterocycles. The van der Waals surface area contributed by atoms with Crippen molar-refractivity contribution in [1.29, 1.82) is 0 Å². The summed E-state index contributed by atoms with van der Waals surface area (Å²) in [7, 11) is -0.535. The van der Waals surface area contributed by atoms with Gasteiger partial charge in [-0.25, -0.2) is 0 Å². The van der Waals surface area contributed by atoms with Crippen LogP contribution in [0.3, 0.4) is 0 Å². The molecule has 0 aliphatic rings. The lowest BCUT2D eigenvalue weighted by atomic mass is 10.3. The van der Waals surface area contributed by atoms with Crippen molar-refractivity contribution < 1.29 is 13.6 Å². The van der Waals surface area contributed by atoms with Gasteiger partial charge in [-0.1, -0.05) is 38.1 Å². The Morgan fingerprint density at radius 3 is 1.35 bits per heavy atom. The Balaban J connectivity index is 2.20. The van der Waals surface area contributed by atoms with Gasteiger partial charge in [-0.3, -0.25) is 0 Å². The zero-order chi connectivity index (χ0) is 23.1. The average molecular weight is 461 g/mol. The van der Waals surface area contributed by atoms with E-state index in [9.17, 15) is 0 Å². The molecule has 2 unspecified atom stereocenters. The third kappa shape index (κ3) is 6.51. The molecule has 0 saturated carbocycles. The molecule has 0 amide bonds. The fraction of sp³-hybridized carbons (Fsp3) is 0.500. The standard InChI is InChI=1S/C24H40N2O3Si2/c1-9-23(27-21-17-13-11-15-19(21)25-3)30(5,6)29-31(7,8)24(10-2)28-22-18-14-12-16-20(22)26-4/h11-18,23-26H,9-10H2,1-8H3. The van der Waals surface area contributed by atoms with E-state index in [1.54, 1.807) is 0 Å². The van der Waals surface area contributed by atoms with E-state index < -0.39 is 16.6 Å². The van der Waals surface area contributed by atoms with Crippen LogP contribution in [0.5, 0.6) is 11.5 Å².